The van der Waals surface area contributed by atoms with Crippen molar-refractivity contribution < 1.29 is 9.90 Å². The molecule has 0 radical (unpaired) electrons. The molecule has 2 aromatic heterocycles. The third-order valence-corrected chi connectivity index (χ3v) is 2.66. The Morgan fingerprint density at radius 3 is 2.74 bits per heavy atom. The quantitative estimate of drug-likeness (QED) is 0.633. The number of aromatic amines is 2. The van der Waals surface area contributed by atoms with Crippen molar-refractivity contribution in [2.24, 2.45) is 0 Å². The summed E-state index contributed by atoms with van der Waals surface area (Å²) in [5.41, 5.74) is 1.20. The van der Waals surface area contributed by atoms with Crippen molar-refractivity contribution in [3.8, 4) is 11.5 Å². The Balaban J connectivity index is 2.21. The van der Waals surface area contributed by atoms with E-state index in [9.17, 15) is 9.59 Å². The molecule has 0 atom stereocenters. The van der Waals surface area contributed by atoms with Crippen molar-refractivity contribution >= 4 is 17.0 Å². The van der Waals surface area contributed by atoms with Crippen LogP contribution in [0, 0.1) is 0 Å². The second-order valence-corrected chi connectivity index (χ2v) is 3.90. The first kappa shape index (κ1) is 11.1. The highest BCUT2D eigenvalue weighted by atomic mass is 16.4. The van der Waals surface area contributed by atoms with Crippen molar-refractivity contribution in [1.29, 1.82) is 0 Å². The van der Waals surface area contributed by atoms with Gasteiger partial charge in [-0.05, 0) is 18.2 Å². The van der Waals surface area contributed by atoms with Gasteiger partial charge in [-0.2, -0.15) is 5.10 Å². The van der Waals surface area contributed by atoms with Gasteiger partial charge in [0, 0.05) is 6.07 Å². The van der Waals surface area contributed by atoms with Gasteiger partial charge < -0.3 is 10.1 Å². The Bertz CT molecular complexity index is 814. The van der Waals surface area contributed by atoms with E-state index in [1.54, 1.807) is 12.1 Å². The number of hydrogen-bond acceptors (Lipinski definition) is 4. The monoisotopic (exact) mass is 256 g/mol. The average Bonchev–Trinajstić information content (AvgIpc) is 2.82. The Hall–Kier alpha value is -2.96. The van der Waals surface area contributed by atoms with Crippen LogP contribution in [0.2, 0.25) is 0 Å². The molecule has 0 aliphatic rings. The van der Waals surface area contributed by atoms with E-state index in [1.165, 1.54) is 18.2 Å². The van der Waals surface area contributed by atoms with Crippen LogP contribution < -0.4 is 5.56 Å². The van der Waals surface area contributed by atoms with Gasteiger partial charge in [-0.15, -0.1) is 0 Å². The maximum absolute atomic E-state index is 11.1. The van der Waals surface area contributed by atoms with Gasteiger partial charge in [-0.1, -0.05) is 6.07 Å². The molecule has 7 nitrogen and oxygen atoms in total. The standard InChI is InChI=1S/C12H8N4O3/c17-9-5-4-8(15-16-9)11-13-7-3-1-2-6(12(18)19)10(7)14-11/h1-5H,(H,13,14)(H,16,17)(H,18,19). The van der Waals surface area contributed by atoms with Gasteiger partial charge in [0.05, 0.1) is 11.1 Å². The zero-order chi connectivity index (χ0) is 13.4. The molecule has 0 aliphatic heterocycles. The Morgan fingerprint density at radius 2 is 2.05 bits per heavy atom. The largest absolute Gasteiger partial charge is 0.478 e. The van der Waals surface area contributed by atoms with Crippen LogP contribution in [0.5, 0.6) is 0 Å². The van der Waals surface area contributed by atoms with Crippen LogP contribution in [0.15, 0.2) is 35.1 Å². The number of nitrogens with zero attached hydrogens (tertiary/aromatic N) is 2. The van der Waals surface area contributed by atoms with Crippen LogP contribution in [0.25, 0.3) is 22.6 Å². The van der Waals surface area contributed by atoms with Gasteiger partial charge in [-0.3, -0.25) is 4.79 Å². The van der Waals surface area contributed by atoms with Crippen molar-refractivity contribution in [3.05, 3.63) is 46.2 Å². The van der Waals surface area contributed by atoms with Crippen LogP contribution in [0.1, 0.15) is 10.4 Å². The Labute approximate surface area is 105 Å². The lowest BCUT2D eigenvalue weighted by atomic mass is 10.2. The van der Waals surface area contributed by atoms with Gasteiger partial charge in [0.2, 0.25) is 0 Å². The lowest BCUT2D eigenvalue weighted by Crippen LogP contribution is -2.05. The lowest BCUT2D eigenvalue weighted by Gasteiger charge is -1.93. The first-order chi connectivity index (χ1) is 9.15. The molecule has 0 saturated carbocycles. The van der Waals surface area contributed by atoms with Crippen LogP contribution >= 0.6 is 0 Å². The van der Waals surface area contributed by atoms with E-state index in [-0.39, 0.29) is 11.1 Å². The summed E-state index contributed by atoms with van der Waals surface area (Å²) >= 11 is 0. The fraction of sp³-hybridized carbons (Fsp3) is 0. The highest BCUT2D eigenvalue weighted by Gasteiger charge is 2.13. The molecule has 2 heterocycles. The molecule has 3 rings (SSSR count). The number of hydrogen-bond donors (Lipinski definition) is 3. The van der Waals surface area contributed by atoms with E-state index < -0.39 is 5.97 Å². The van der Waals surface area contributed by atoms with Crippen molar-refractivity contribution in [2.75, 3.05) is 0 Å². The molecule has 0 fully saturated rings. The van der Waals surface area contributed by atoms with Gasteiger partial charge in [0.25, 0.3) is 5.56 Å². The molecule has 0 aliphatic carbocycles. The highest BCUT2D eigenvalue weighted by Crippen LogP contribution is 2.20. The van der Waals surface area contributed by atoms with Crippen molar-refractivity contribution in [3.63, 3.8) is 0 Å². The normalized spacial score (nSPS) is 10.7. The fourth-order valence-corrected chi connectivity index (χ4v) is 1.80. The molecule has 0 bridgehead atoms. The number of para-hydroxylation sites is 1. The number of carboxylic acid groups (broad SMARTS) is 1. The zero-order valence-electron chi connectivity index (χ0n) is 9.54. The molecular formula is C12H8N4O3. The summed E-state index contributed by atoms with van der Waals surface area (Å²) in [6.45, 7) is 0. The number of carbonyl (C=O) groups is 1. The molecular weight excluding hydrogens is 248 g/mol. The van der Waals surface area contributed by atoms with Gasteiger partial charge in [0.1, 0.15) is 11.2 Å². The predicted molar refractivity (Wildman–Crippen MR) is 66.9 cm³/mol. The molecule has 0 unspecified atom stereocenters. The third-order valence-electron chi connectivity index (χ3n) is 2.66. The highest BCUT2D eigenvalue weighted by molar-refractivity contribution is 6.01. The van der Waals surface area contributed by atoms with Crippen LogP contribution in [0.4, 0.5) is 0 Å². The minimum Gasteiger partial charge on any atom is -0.478 e. The number of carboxylic acids is 1. The number of fused-ring (bicyclic) bond motifs is 1. The summed E-state index contributed by atoms with van der Waals surface area (Å²) in [5, 5.41) is 15.2. The van der Waals surface area contributed by atoms with Gasteiger partial charge in [-0.25, -0.2) is 14.9 Å². The molecule has 0 saturated heterocycles. The number of aromatic carboxylic acids is 1. The van der Waals surface area contributed by atoms with Crippen LogP contribution in [0.3, 0.4) is 0 Å². The second-order valence-electron chi connectivity index (χ2n) is 3.90. The molecule has 94 valence electrons. The number of benzene rings is 1. The smallest absolute Gasteiger partial charge is 0.337 e. The Kier molecular flexibility index (Phi) is 2.38. The van der Waals surface area contributed by atoms with E-state index in [4.69, 9.17) is 5.11 Å². The predicted octanol–water partition coefficient (Wildman–Crippen LogP) is 1.01. The first-order valence-corrected chi connectivity index (χ1v) is 5.43. The SMILES string of the molecule is O=C(O)c1cccc2[nH]c(-c3ccc(=O)[nH]n3)nc12. The molecule has 1 aromatic carbocycles. The number of aromatic nitrogens is 4. The van der Waals surface area contributed by atoms with Gasteiger partial charge >= 0.3 is 5.97 Å². The summed E-state index contributed by atoms with van der Waals surface area (Å²) in [6.07, 6.45) is 0. The Morgan fingerprint density at radius 1 is 1.21 bits per heavy atom. The lowest BCUT2D eigenvalue weighted by molar-refractivity contribution is 0.0699. The topological polar surface area (TPSA) is 112 Å². The third kappa shape index (κ3) is 1.86. The minimum absolute atomic E-state index is 0.115. The van der Waals surface area contributed by atoms with Gasteiger partial charge in [0.15, 0.2) is 5.82 Å². The molecule has 3 aromatic rings. The van der Waals surface area contributed by atoms with E-state index in [2.05, 4.69) is 20.2 Å². The molecule has 0 spiro atoms. The van der Waals surface area contributed by atoms with Crippen molar-refractivity contribution in [2.45, 2.75) is 0 Å². The number of H-pyrrole nitrogens is 2. The number of imidazole rings is 1. The second kappa shape index (κ2) is 4.05. The van der Waals surface area contributed by atoms with E-state index in [0.717, 1.165) is 0 Å². The summed E-state index contributed by atoms with van der Waals surface area (Å²) in [6, 6.07) is 7.68. The van der Waals surface area contributed by atoms with E-state index >= 15 is 0 Å². The average molecular weight is 256 g/mol. The number of rotatable bonds is 2. The molecule has 3 N–H and O–H groups in total. The van der Waals surface area contributed by atoms with E-state index in [1.807, 2.05) is 0 Å². The zero-order valence-corrected chi connectivity index (χ0v) is 9.54. The van der Waals surface area contributed by atoms with Crippen LogP contribution in [-0.4, -0.2) is 31.2 Å². The summed E-state index contributed by atoms with van der Waals surface area (Å²) in [7, 11) is 0. The fourth-order valence-electron chi connectivity index (χ4n) is 1.80. The first-order valence-electron chi connectivity index (χ1n) is 5.43. The maximum Gasteiger partial charge on any atom is 0.337 e. The number of nitrogens with one attached hydrogen (secondary N) is 2. The summed E-state index contributed by atoms with van der Waals surface area (Å²) < 4.78 is 0. The minimum atomic E-state index is -1.04. The molecule has 0 amide bonds. The maximum atomic E-state index is 11.1. The van der Waals surface area contributed by atoms with Crippen molar-refractivity contribution in [1.82, 2.24) is 20.2 Å². The molecule has 19 heavy (non-hydrogen) atoms. The van der Waals surface area contributed by atoms with E-state index in [0.29, 0.717) is 22.6 Å². The summed E-state index contributed by atoms with van der Waals surface area (Å²) in [4.78, 5) is 29.2. The van der Waals surface area contributed by atoms with Crippen LogP contribution in [-0.2, 0) is 0 Å². The molecule has 7 heteroatoms. The summed E-state index contributed by atoms with van der Waals surface area (Å²) in [5.74, 6) is -0.641.